The van der Waals surface area contributed by atoms with Gasteiger partial charge in [0.1, 0.15) is 11.9 Å². The molecular weight excluding hydrogens is 198 g/mol. The minimum atomic E-state index is 0.284. The van der Waals surface area contributed by atoms with E-state index in [2.05, 4.69) is 29.3 Å². The molecule has 0 spiro atoms. The molecule has 0 fully saturated rings. The van der Waals surface area contributed by atoms with E-state index in [-0.39, 0.29) is 6.10 Å². The average Bonchev–Trinajstić information content (AvgIpc) is 2.71. The summed E-state index contributed by atoms with van der Waals surface area (Å²) in [6.45, 7) is 3.72. The highest BCUT2D eigenvalue weighted by atomic mass is 16.5. The average molecular weight is 215 g/mol. The molecule has 0 radical (unpaired) electrons. The van der Waals surface area contributed by atoms with Gasteiger partial charge in [-0.15, -0.1) is 11.8 Å². The van der Waals surface area contributed by atoms with Gasteiger partial charge in [0.25, 0.3) is 0 Å². The normalized spacial score (nSPS) is 17.2. The standard InChI is InChI=1S/C14H17NO/c1-2-3-6-9-15-11-13-10-12-7-4-5-8-14(12)16-13/h4-5,7-8,13,15H,6,9-11H2,1H3. The number of benzene rings is 1. The molecule has 1 N–H and O–H groups in total. The van der Waals surface area contributed by atoms with Gasteiger partial charge >= 0.3 is 0 Å². The van der Waals surface area contributed by atoms with Crippen molar-refractivity contribution in [2.45, 2.75) is 25.9 Å². The van der Waals surface area contributed by atoms with Gasteiger partial charge in [-0.2, -0.15) is 0 Å². The molecule has 0 bridgehead atoms. The van der Waals surface area contributed by atoms with Crippen molar-refractivity contribution in [1.29, 1.82) is 0 Å². The molecule has 1 atom stereocenters. The zero-order valence-electron chi connectivity index (χ0n) is 9.62. The summed E-state index contributed by atoms with van der Waals surface area (Å²) in [4.78, 5) is 0. The van der Waals surface area contributed by atoms with Crippen LogP contribution in [0.5, 0.6) is 5.75 Å². The number of para-hydroxylation sites is 1. The molecule has 1 aromatic rings. The summed E-state index contributed by atoms with van der Waals surface area (Å²) in [5, 5.41) is 3.37. The Balaban J connectivity index is 1.72. The summed E-state index contributed by atoms with van der Waals surface area (Å²) in [6, 6.07) is 8.26. The molecule has 0 aromatic heterocycles. The van der Waals surface area contributed by atoms with Crippen LogP contribution in [0.15, 0.2) is 24.3 Å². The molecule has 2 nitrogen and oxygen atoms in total. The van der Waals surface area contributed by atoms with E-state index in [1.165, 1.54) is 5.56 Å². The largest absolute Gasteiger partial charge is 0.488 e. The van der Waals surface area contributed by atoms with Crippen molar-refractivity contribution in [2.75, 3.05) is 13.1 Å². The van der Waals surface area contributed by atoms with E-state index in [4.69, 9.17) is 4.74 Å². The highest BCUT2D eigenvalue weighted by molar-refractivity contribution is 5.37. The molecule has 1 heterocycles. The van der Waals surface area contributed by atoms with Crippen molar-refractivity contribution in [1.82, 2.24) is 5.32 Å². The van der Waals surface area contributed by atoms with Crippen LogP contribution < -0.4 is 10.1 Å². The van der Waals surface area contributed by atoms with Gasteiger partial charge < -0.3 is 10.1 Å². The van der Waals surface area contributed by atoms with Crippen molar-refractivity contribution < 1.29 is 4.74 Å². The Labute approximate surface area is 97.0 Å². The van der Waals surface area contributed by atoms with Gasteiger partial charge in [0.05, 0.1) is 0 Å². The minimum absolute atomic E-state index is 0.284. The monoisotopic (exact) mass is 215 g/mol. The lowest BCUT2D eigenvalue weighted by Crippen LogP contribution is -2.30. The first-order valence-electron chi connectivity index (χ1n) is 5.75. The first-order chi connectivity index (χ1) is 7.90. The number of ether oxygens (including phenoxy) is 1. The van der Waals surface area contributed by atoms with Crippen LogP contribution in [0.2, 0.25) is 0 Å². The van der Waals surface area contributed by atoms with E-state index < -0.39 is 0 Å². The lowest BCUT2D eigenvalue weighted by atomic mass is 10.1. The fourth-order valence-electron chi connectivity index (χ4n) is 1.91. The summed E-state index contributed by atoms with van der Waals surface area (Å²) in [5.41, 5.74) is 1.32. The van der Waals surface area contributed by atoms with Crippen molar-refractivity contribution in [2.24, 2.45) is 0 Å². The summed E-state index contributed by atoms with van der Waals surface area (Å²) in [7, 11) is 0. The Morgan fingerprint density at radius 2 is 2.31 bits per heavy atom. The maximum atomic E-state index is 5.81. The second-order valence-corrected chi connectivity index (χ2v) is 3.93. The van der Waals surface area contributed by atoms with Gasteiger partial charge in [-0.1, -0.05) is 18.2 Å². The van der Waals surface area contributed by atoms with Crippen molar-refractivity contribution in [3.05, 3.63) is 29.8 Å². The van der Waals surface area contributed by atoms with Crippen LogP contribution in [0.1, 0.15) is 18.9 Å². The Morgan fingerprint density at radius 1 is 1.44 bits per heavy atom. The van der Waals surface area contributed by atoms with Crippen LogP contribution in [0.4, 0.5) is 0 Å². The highest BCUT2D eigenvalue weighted by Gasteiger charge is 2.21. The van der Waals surface area contributed by atoms with Crippen LogP contribution in [-0.2, 0) is 6.42 Å². The van der Waals surface area contributed by atoms with Gasteiger partial charge in [-0.05, 0) is 18.6 Å². The first-order valence-corrected chi connectivity index (χ1v) is 5.75. The Bertz CT molecular complexity index is 378. The topological polar surface area (TPSA) is 21.3 Å². The number of nitrogens with one attached hydrogen (secondary N) is 1. The number of fused-ring (bicyclic) bond motifs is 1. The molecule has 0 aliphatic carbocycles. The van der Waals surface area contributed by atoms with E-state index >= 15 is 0 Å². The van der Waals surface area contributed by atoms with Crippen LogP contribution in [0.3, 0.4) is 0 Å². The predicted molar refractivity (Wildman–Crippen MR) is 65.5 cm³/mol. The van der Waals surface area contributed by atoms with E-state index in [0.29, 0.717) is 0 Å². The number of hydrogen-bond acceptors (Lipinski definition) is 2. The second kappa shape index (κ2) is 5.58. The van der Waals surface area contributed by atoms with Gasteiger partial charge in [-0.3, -0.25) is 0 Å². The molecule has 2 heteroatoms. The van der Waals surface area contributed by atoms with Gasteiger partial charge in [0.2, 0.25) is 0 Å². The summed E-state index contributed by atoms with van der Waals surface area (Å²) < 4.78 is 5.81. The lowest BCUT2D eigenvalue weighted by Gasteiger charge is -2.10. The van der Waals surface area contributed by atoms with E-state index in [9.17, 15) is 0 Å². The fraction of sp³-hybridized carbons (Fsp3) is 0.429. The molecule has 1 aromatic carbocycles. The molecular formula is C14H17NO. The van der Waals surface area contributed by atoms with Crippen molar-refractivity contribution in [3.63, 3.8) is 0 Å². The fourth-order valence-corrected chi connectivity index (χ4v) is 1.91. The van der Waals surface area contributed by atoms with E-state index in [1.807, 2.05) is 19.1 Å². The quantitative estimate of drug-likeness (QED) is 0.612. The van der Waals surface area contributed by atoms with Crippen LogP contribution in [0.25, 0.3) is 0 Å². The maximum Gasteiger partial charge on any atom is 0.123 e. The first kappa shape index (κ1) is 11.0. The summed E-state index contributed by atoms with van der Waals surface area (Å²) >= 11 is 0. The van der Waals surface area contributed by atoms with Crippen LogP contribution in [0, 0.1) is 11.8 Å². The molecule has 0 amide bonds. The van der Waals surface area contributed by atoms with Crippen molar-refractivity contribution in [3.8, 4) is 17.6 Å². The third-order valence-corrected chi connectivity index (χ3v) is 2.69. The third kappa shape index (κ3) is 2.77. The SMILES string of the molecule is CC#CCCNCC1Cc2ccccc2O1. The van der Waals surface area contributed by atoms with Gasteiger partial charge in [-0.25, -0.2) is 0 Å². The van der Waals surface area contributed by atoms with E-state index in [0.717, 1.165) is 31.7 Å². The second-order valence-electron chi connectivity index (χ2n) is 3.93. The van der Waals surface area contributed by atoms with Gasteiger partial charge in [0, 0.05) is 25.9 Å². The maximum absolute atomic E-state index is 5.81. The number of rotatable bonds is 4. The smallest absolute Gasteiger partial charge is 0.123 e. The Kier molecular flexibility index (Phi) is 3.85. The lowest BCUT2D eigenvalue weighted by molar-refractivity contribution is 0.228. The molecule has 1 aliphatic heterocycles. The Hall–Kier alpha value is -1.46. The van der Waals surface area contributed by atoms with Crippen molar-refractivity contribution >= 4 is 0 Å². The van der Waals surface area contributed by atoms with Crippen LogP contribution in [-0.4, -0.2) is 19.2 Å². The number of hydrogen-bond donors (Lipinski definition) is 1. The minimum Gasteiger partial charge on any atom is -0.488 e. The third-order valence-electron chi connectivity index (χ3n) is 2.69. The predicted octanol–water partition coefficient (Wildman–Crippen LogP) is 1.99. The molecule has 1 unspecified atom stereocenters. The van der Waals surface area contributed by atoms with Gasteiger partial charge in [0.15, 0.2) is 0 Å². The summed E-state index contributed by atoms with van der Waals surface area (Å²) in [5.74, 6) is 6.97. The van der Waals surface area contributed by atoms with E-state index in [1.54, 1.807) is 0 Å². The Morgan fingerprint density at radius 3 is 3.12 bits per heavy atom. The molecule has 0 saturated heterocycles. The molecule has 2 rings (SSSR count). The molecule has 0 saturated carbocycles. The molecule has 1 aliphatic rings. The zero-order valence-corrected chi connectivity index (χ0v) is 9.62. The zero-order chi connectivity index (χ0) is 11.2. The summed E-state index contributed by atoms with van der Waals surface area (Å²) in [6.07, 6.45) is 2.21. The highest BCUT2D eigenvalue weighted by Crippen LogP contribution is 2.27. The molecule has 16 heavy (non-hydrogen) atoms. The molecule has 84 valence electrons. The van der Waals surface area contributed by atoms with Crippen LogP contribution >= 0.6 is 0 Å².